The summed E-state index contributed by atoms with van der Waals surface area (Å²) in [5.74, 6) is 0.358. The number of primary amides is 1. The molecule has 0 aliphatic heterocycles. The van der Waals surface area contributed by atoms with E-state index in [0.717, 1.165) is 17.0 Å². The SMILES string of the molecule is CCc1nc(C)c(C(N)=O)n1Cc1ccc(-c2ccccc2S(=O)(=O)Nc2onc(C)c2C)cc1. The molecule has 4 rings (SSSR count). The maximum absolute atomic E-state index is 13.2. The lowest BCUT2D eigenvalue weighted by Gasteiger charge is -2.13. The zero-order valence-corrected chi connectivity index (χ0v) is 20.8. The average Bonchev–Trinajstić information content (AvgIpc) is 3.32. The van der Waals surface area contributed by atoms with E-state index in [-0.39, 0.29) is 10.8 Å². The summed E-state index contributed by atoms with van der Waals surface area (Å²) in [5, 5.41) is 3.81. The van der Waals surface area contributed by atoms with Crippen molar-refractivity contribution in [2.75, 3.05) is 4.72 Å². The molecular weight excluding hydrogens is 466 g/mol. The standard InChI is InChI=1S/C25H27N5O4S/c1-5-22-27-17(4)23(24(26)31)30(22)14-18-10-12-19(13-11-18)20-8-6-7-9-21(20)35(32,33)29-25-15(2)16(3)28-34-25/h6-13,29H,5,14H2,1-4H3,(H2,26,31). The van der Waals surface area contributed by atoms with Crippen molar-refractivity contribution in [2.24, 2.45) is 5.73 Å². The lowest BCUT2D eigenvalue weighted by atomic mass is 10.0. The van der Waals surface area contributed by atoms with Gasteiger partial charge in [-0.2, -0.15) is 0 Å². The number of aromatic nitrogens is 3. The van der Waals surface area contributed by atoms with Gasteiger partial charge >= 0.3 is 0 Å². The molecule has 4 aromatic rings. The monoisotopic (exact) mass is 493 g/mol. The molecule has 0 radical (unpaired) electrons. The highest BCUT2D eigenvalue weighted by atomic mass is 32.2. The molecule has 2 heterocycles. The van der Waals surface area contributed by atoms with Gasteiger partial charge in [-0.3, -0.25) is 4.79 Å². The molecule has 35 heavy (non-hydrogen) atoms. The maximum Gasteiger partial charge on any atom is 0.267 e. The molecule has 9 nitrogen and oxygen atoms in total. The topological polar surface area (TPSA) is 133 Å². The average molecular weight is 494 g/mol. The first kappa shape index (κ1) is 24.2. The van der Waals surface area contributed by atoms with E-state index < -0.39 is 15.9 Å². The number of hydrogen-bond donors (Lipinski definition) is 2. The van der Waals surface area contributed by atoms with Crippen molar-refractivity contribution in [2.45, 2.75) is 45.6 Å². The minimum atomic E-state index is -3.93. The van der Waals surface area contributed by atoms with E-state index >= 15 is 0 Å². The Hall–Kier alpha value is -3.92. The molecule has 0 atom stereocenters. The maximum atomic E-state index is 13.2. The fourth-order valence-corrected chi connectivity index (χ4v) is 5.26. The molecular formula is C25H27N5O4S. The Morgan fingerprint density at radius 1 is 1.06 bits per heavy atom. The Morgan fingerprint density at radius 2 is 1.74 bits per heavy atom. The summed E-state index contributed by atoms with van der Waals surface area (Å²) in [4.78, 5) is 16.6. The van der Waals surface area contributed by atoms with Crippen LogP contribution >= 0.6 is 0 Å². The summed E-state index contributed by atoms with van der Waals surface area (Å²) >= 11 is 0. The number of imidazole rings is 1. The quantitative estimate of drug-likeness (QED) is 0.381. The zero-order valence-electron chi connectivity index (χ0n) is 20.0. The predicted molar refractivity (Wildman–Crippen MR) is 133 cm³/mol. The third kappa shape index (κ3) is 4.69. The van der Waals surface area contributed by atoms with E-state index in [9.17, 15) is 13.2 Å². The van der Waals surface area contributed by atoms with Crippen molar-refractivity contribution >= 4 is 21.8 Å². The molecule has 0 aliphatic rings. The smallest absolute Gasteiger partial charge is 0.267 e. The van der Waals surface area contributed by atoms with Gasteiger partial charge in [0, 0.05) is 24.1 Å². The minimum absolute atomic E-state index is 0.0975. The van der Waals surface area contributed by atoms with Crippen LogP contribution < -0.4 is 10.5 Å². The zero-order chi connectivity index (χ0) is 25.3. The number of amides is 1. The number of carbonyl (C=O) groups excluding carboxylic acids is 1. The number of nitrogens with two attached hydrogens (primary N) is 1. The third-order valence-corrected chi connectivity index (χ3v) is 7.33. The molecule has 182 valence electrons. The number of anilines is 1. The van der Waals surface area contributed by atoms with Crippen molar-refractivity contribution in [3.8, 4) is 11.1 Å². The van der Waals surface area contributed by atoms with Crippen molar-refractivity contribution in [3.63, 3.8) is 0 Å². The van der Waals surface area contributed by atoms with Gasteiger partial charge < -0.3 is 14.8 Å². The molecule has 3 N–H and O–H groups in total. The number of benzene rings is 2. The van der Waals surface area contributed by atoms with Gasteiger partial charge in [0.2, 0.25) is 5.88 Å². The third-order valence-electron chi connectivity index (χ3n) is 5.94. The molecule has 0 fully saturated rings. The fourth-order valence-electron chi connectivity index (χ4n) is 3.98. The van der Waals surface area contributed by atoms with Gasteiger partial charge in [0.15, 0.2) is 0 Å². The second kappa shape index (κ2) is 9.38. The van der Waals surface area contributed by atoms with Gasteiger partial charge in [-0.05, 0) is 38.0 Å². The largest absolute Gasteiger partial charge is 0.364 e. The second-order valence-corrected chi connectivity index (χ2v) is 9.94. The lowest BCUT2D eigenvalue weighted by molar-refractivity contribution is 0.0991. The van der Waals surface area contributed by atoms with Crippen LogP contribution in [0.5, 0.6) is 0 Å². The molecule has 0 unspecified atom stereocenters. The summed E-state index contributed by atoms with van der Waals surface area (Å²) in [5.41, 5.74) is 10.0. The predicted octanol–water partition coefficient (Wildman–Crippen LogP) is 3.97. The highest BCUT2D eigenvalue weighted by Crippen LogP contribution is 2.30. The van der Waals surface area contributed by atoms with Crippen molar-refractivity contribution in [1.82, 2.24) is 14.7 Å². The van der Waals surface area contributed by atoms with E-state index in [4.69, 9.17) is 10.3 Å². The molecule has 2 aromatic heterocycles. The summed E-state index contributed by atoms with van der Waals surface area (Å²) < 4.78 is 35.8. The van der Waals surface area contributed by atoms with Gasteiger partial charge in [-0.1, -0.05) is 54.5 Å². The van der Waals surface area contributed by atoms with E-state index in [1.54, 1.807) is 45.0 Å². The number of nitrogens with zero attached hydrogens (tertiary/aromatic N) is 3. The van der Waals surface area contributed by atoms with Crippen LogP contribution in [-0.2, 0) is 23.0 Å². The first-order valence-electron chi connectivity index (χ1n) is 11.1. The highest BCUT2D eigenvalue weighted by Gasteiger charge is 2.23. The van der Waals surface area contributed by atoms with Crippen LogP contribution in [0, 0.1) is 20.8 Å². The normalized spacial score (nSPS) is 11.5. The minimum Gasteiger partial charge on any atom is -0.364 e. The number of carbonyl (C=O) groups is 1. The second-order valence-electron chi connectivity index (χ2n) is 8.29. The molecule has 0 aliphatic carbocycles. The van der Waals surface area contributed by atoms with Crippen LogP contribution in [0.1, 0.15) is 45.8 Å². The molecule has 0 saturated carbocycles. The Balaban J connectivity index is 1.66. The van der Waals surface area contributed by atoms with Crippen LogP contribution in [0.15, 0.2) is 57.9 Å². The van der Waals surface area contributed by atoms with Crippen LogP contribution in [0.2, 0.25) is 0 Å². The van der Waals surface area contributed by atoms with E-state index in [0.29, 0.717) is 41.2 Å². The molecule has 0 spiro atoms. The summed E-state index contributed by atoms with van der Waals surface area (Å²) in [7, 11) is -3.93. The van der Waals surface area contributed by atoms with Gasteiger partial charge in [-0.15, -0.1) is 0 Å². The van der Waals surface area contributed by atoms with Crippen LogP contribution in [0.25, 0.3) is 11.1 Å². The Labute approximate surface area is 204 Å². The fraction of sp³-hybridized carbons (Fsp3) is 0.240. The molecule has 0 bridgehead atoms. The van der Waals surface area contributed by atoms with E-state index in [1.807, 2.05) is 35.8 Å². The number of sulfonamides is 1. The molecule has 0 saturated heterocycles. The molecule has 1 amide bonds. The Morgan fingerprint density at radius 3 is 2.34 bits per heavy atom. The van der Waals surface area contributed by atoms with Gasteiger partial charge in [-0.25, -0.2) is 18.1 Å². The highest BCUT2D eigenvalue weighted by molar-refractivity contribution is 7.92. The molecule has 2 aromatic carbocycles. The van der Waals surface area contributed by atoms with Crippen LogP contribution in [0.3, 0.4) is 0 Å². The number of nitrogens with one attached hydrogen (secondary N) is 1. The number of rotatable bonds is 8. The van der Waals surface area contributed by atoms with E-state index in [1.165, 1.54) is 0 Å². The Kier molecular flexibility index (Phi) is 6.49. The first-order chi connectivity index (χ1) is 16.6. The van der Waals surface area contributed by atoms with Gasteiger partial charge in [0.25, 0.3) is 15.9 Å². The Bertz CT molecular complexity index is 1500. The van der Waals surface area contributed by atoms with Crippen molar-refractivity contribution in [1.29, 1.82) is 0 Å². The molecule has 10 heteroatoms. The first-order valence-corrected chi connectivity index (χ1v) is 12.6. The van der Waals surface area contributed by atoms with Crippen molar-refractivity contribution < 1.29 is 17.7 Å². The van der Waals surface area contributed by atoms with Crippen LogP contribution in [0.4, 0.5) is 5.88 Å². The number of aryl methyl sites for hydroxylation is 3. The van der Waals surface area contributed by atoms with E-state index in [2.05, 4.69) is 14.9 Å². The summed E-state index contributed by atoms with van der Waals surface area (Å²) in [6, 6.07) is 14.3. The van der Waals surface area contributed by atoms with Crippen molar-refractivity contribution in [3.05, 3.63) is 82.6 Å². The number of hydrogen-bond acceptors (Lipinski definition) is 6. The summed E-state index contributed by atoms with van der Waals surface area (Å²) in [6.45, 7) is 7.65. The summed E-state index contributed by atoms with van der Waals surface area (Å²) in [6.07, 6.45) is 0.661. The van der Waals surface area contributed by atoms with Gasteiger partial charge in [0.1, 0.15) is 11.5 Å². The van der Waals surface area contributed by atoms with Crippen LogP contribution in [-0.4, -0.2) is 29.0 Å². The lowest BCUT2D eigenvalue weighted by Crippen LogP contribution is -2.19. The van der Waals surface area contributed by atoms with Gasteiger partial charge in [0.05, 0.1) is 16.3 Å².